The summed E-state index contributed by atoms with van der Waals surface area (Å²) in [6.45, 7) is 4.20. The van der Waals surface area contributed by atoms with Crippen molar-refractivity contribution in [2.45, 2.75) is 39.5 Å². The van der Waals surface area contributed by atoms with Gasteiger partial charge in [-0.3, -0.25) is 4.40 Å². The standard InChI is InChI=1S/C15H18BrN3/c1-3-4-5-6-7-8-13-15(17)19-11(2)12(16)9-10-14(19)18-13/h9-10H,3-6,17H2,1-2H3. The highest BCUT2D eigenvalue weighted by Gasteiger charge is 2.10. The van der Waals surface area contributed by atoms with Gasteiger partial charge in [-0.1, -0.05) is 25.7 Å². The molecule has 2 heterocycles. The number of anilines is 1. The van der Waals surface area contributed by atoms with Crippen molar-refractivity contribution in [3.05, 3.63) is 28.0 Å². The molecular formula is C15H18BrN3. The number of rotatable bonds is 3. The molecule has 0 spiro atoms. The Kier molecular flexibility index (Phi) is 4.49. The Bertz CT molecular complexity index is 647. The molecule has 0 aliphatic heterocycles. The number of halogens is 1. The third-order valence-electron chi connectivity index (χ3n) is 3.11. The molecular weight excluding hydrogens is 302 g/mol. The van der Waals surface area contributed by atoms with E-state index in [-0.39, 0.29) is 0 Å². The van der Waals surface area contributed by atoms with Crippen LogP contribution in [-0.2, 0) is 0 Å². The van der Waals surface area contributed by atoms with Gasteiger partial charge in [0.15, 0.2) is 5.69 Å². The second-order valence-corrected chi connectivity index (χ2v) is 5.42. The van der Waals surface area contributed by atoms with Crippen molar-refractivity contribution in [1.29, 1.82) is 0 Å². The number of hydrogen-bond acceptors (Lipinski definition) is 2. The molecule has 0 saturated heterocycles. The molecule has 0 amide bonds. The first-order chi connectivity index (χ1) is 9.15. The van der Waals surface area contributed by atoms with Crippen LogP contribution < -0.4 is 5.73 Å². The minimum Gasteiger partial charge on any atom is -0.382 e. The van der Waals surface area contributed by atoms with Gasteiger partial charge in [0.1, 0.15) is 11.5 Å². The Labute approximate surface area is 122 Å². The van der Waals surface area contributed by atoms with Crippen molar-refractivity contribution in [2.24, 2.45) is 0 Å². The van der Waals surface area contributed by atoms with Gasteiger partial charge in [0.2, 0.25) is 0 Å². The zero-order valence-electron chi connectivity index (χ0n) is 11.3. The van der Waals surface area contributed by atoms with E-state index in [0.717, 1.165) is 28.7 Å². The molecule has 0 saturated carbocycles. The summed E-state index contributed by atoms with van der Waals surface area (Å²) in [4.78, 5) is 4.48. The molecule has 19 heavy (non-hydrogen) atoms. The number of aromatic nitrogens is 2. The summed E-state index contributed by atoms with van der Waals surface area (Å²) in [5.41, 5.74) is 8.69. The number of pyridine rings is 1. The van der Waals surface area contributed by atoms with Gasteiger partial charge in [0.25, 0.3) is 0 Å². The highest BCUT2D eigenvalue weighted by Crippen LogP contribution is 2.22. The molecule has 3 nitrogen and oxygen atoms in total. The average molecular weight is 320 g/mol. The quantitative estimate of drug-likeness (QED) is 0.688. The Morgan fingerprint density at radius 1 is 1.37 bits per heavy atom. The van der Waals surface area contributed by atoms with E-state index in [2.05, 4.69) is 39.7 Å². The number of hydrogen-bond donors (Lipinski definition) is 1. The van der Waals surface area contributed by atoms with Crippen LogP contribution in [0.25, 0.3) is 5.65 Å². The van der Waals surface area contributed by atoms with E-state index < -0.39 is 0 Å². The lowest BCUT2D eigenvalue weighted by atomic mass is 10.2. The summed E-state index contributed by atoms with van der Waals surface area (Å²) in [5.74, 6) is 6.86. The molecule has 0 atom stereocenters. The fraction of sp³-hybridized carbons (Fsp3) is 0.400. The lowest BCUT2D eigenvalue weighted by Gasteiger charge is -2.03. The van der Waals surface area contributed by atoms with Gasteiger partial charge in [-0.25, -0.2) is 4.98 Å². The van der Waals surface area contributed by atoms with Crippen LogP contribution in [0.3, 0.4) is 0 Å². The smallest absolute Gasteiger partial charge is 0.156 e. The number of nitrogen functional groups attached to an aromatic ring is 1. The van der Waals surface area contributed by atoms with E-state index in [0.29, 0.717) is 11.5 Å². The Morgan fingerprint density at radius 2 is 2.16 bits per heavy atom. The van der Waals surface area contributed by atoms with Crippen LogP contribution in [0, 0.1) is 18.8 Å². The van der Waals surface area contributed by atoms with Gasteiger partial charge in [0, 0.05) is 16.6 Å². The SMILES string of the molecule is CCCCCC#Cc1nc2ccc(Br)c(C)n2c1N. The molecule has 0 aliphatic rings. The Balaban J connectivity index is 2.30. The Morgan fingerprint density at radius 3 is 2.89 bits per heavy atom. The molecule has 2 N–H and O–H groups in total. The number of fused-ring (bicyclic) bond motifs is 1. The van der Waals surface area contributed by atoms with Crippen molar-refractivity contribution in [1.82, 2.24) is 9.38 Å². The van der Waals surface area contributed by atoms with Gasteiger partial charge in [0.05, 0.1) is 0 Å². The van der Waals surface area contributed by atoms with E-state index >= 15 is 0 Å². The minimum absolute atomic E-state index is 0.622. The van der Waals surface area contributed by atoms with Crippen molar-refractivity contribution >= 4 is 27.4 Å². The van der Waals surface area contributed by atoms with Crippen LogP contribution in [0.1, 0.15) is 44.0 Å². The summed E-state index contributed by atoms with van der Waals surface area (Å²) in [7, 11) is 0. The largest absolute Gasteiger partial charge is 0.382 e. The molecule has 0 radical (unpaired) electrons. The van der Waals surface area contributed by atoms with Crippen LogP contribution >= 0.6 is 15.9 Å². The first-order valence-electron chi connectivity index (χ1n) is 6.57. The molecule has 2 rings (SSSR count). The highest BCUT2D eigenvalue weighted by molar-refractivity contribution is 9.10. The fourth-order valence-electron chi connectivity index (χ4n) is 1.99. The van der Waals surface area contributed by atoms with Gasteiger partial charge >= 0.3 is 0 Å². The molecule has 0 bridgehead atoms. The monoisotopic (exact) mass is 319 g/mol. The predicted octanol–water partition coefficient (Wildman–Crippen LogP) is 3.92. The average Bonchev–Trinajstić information content (AvgIpc) is 2.71. The topological polar surface area (TPSA) is 43.3 Å². The Hall–Kier alpha value is -1.47. The number of unbranched alkanes of at least 4 members (excludes halogenated alkanes) is 3. The second-order valence-electron chi connectivity index (χ2n) is 4.56. The van der Waals surface area contributed by atoms with Gasteiger partial charge in [-0.15, -0.1) is 0 Å². The van der Waals surface area contributed by atoms with E-state index in [4.69, 9.17) is 5.73 Å². The summed E-state index contributed by atoms with van der Waals surface area (Å²) in [6.07, 6.45) is 4.48. The van der Waals surface area contributed by atoms with Crippen LogP contribution in [0.2, 0.25) is 0 Å². The third-order valence-corrected chi connectivity index (χ3v) is 3.95. The molecule has 0 aliphatic carbocycles. The van der Waals surface area contributed by atoms with Gasteiger partial charge in [-0.2, -0.15) is 0 Å². The van der Waals surface area contributed by atoms with Gasteiger partial charge < -0.3 is 5.73 Å². The van der Waals surface area contributed by atoms with Crippen LogP contribution in [0.15, 0.2) is 16.6 Å². The fourth-order valence-corrected chi connectivity index (χ4v) is 2.30. The first kappa shape index (κ1) is 14.0. The minimum atomic E-state index is 0.622. The van der Waals surface area contributed by atoms with E-state index in [1.807, 2.05) is 23.5 Å². The molecule has 100 valence electrons. The zero-order chi connectivity index (χ0) is 13.8. The maximum absolute atomic E-state index is 6.13. The maximum Gasteiger partial charge on any atom is 0.156 e. The van der Waals surface area contributed by atoms with E-state index in [1.54, 1.807) is 0 Å². The number of nitrogens with zero attached hydrogens (tertiary/aromatic N) is 2. The van der Waals surface area contributed by atoms with Crippen LogP contribution in [-0.4, -0.2) is 9.38 Å². The van der Waals surface area contributed by atoms with Crippen molar-refractivity contribution in [2.75, 3.05) is 5.73 Å². The highest BCUT2D eigenvalue weighted by atomic mass is 79.9. The molecule has 2 aromatic rings. The second kappa shape index (κ2) is 6.12. The molecule has 0 aromatic carbocycles. The van der Waals surface area contributed by atoms with E-state index in [9.17, 15) is 0 Å². The number of nitrogens with two attached hydrogens (primary N) is 1. The maximum atomic E-state index is 6.13. The summed E-state index contributed by atoms with van der Waals surface area (Å²) in [6, 6.07) is 3.92. The van der Waals surface area contributed by atoms with Crippen LogP contribution in [0.4, 0.5) is 5.82 Å². The lowest BCUT2D eigenvalue weighted by molar-refractivity contribution is 0.737. The first-order valence-corrected chi connectivity index (χ1v) is 7.36. The van der Waals surface area contributed by atoms with Crippen molar-refractivity contribution in [3.8, 4) is 11.8 Å². The number of imidazole rings is 1. The van der Waals surface area contributed by atoms with E-state index in [1.165, 1.54) is 12.8 Å². The predicted molar refractivity (Wildman–Crippen MR) is 83.1 cm³/mol. The molecule has 0 fully saturated rings. The zero-order valence-corrected chi connectivity index (χ0v) is 12.9. The van der Waals surface area contributed by atoms with Crippen molar-refractivity contribution < 1.29 is 0 Å². The number of aryl methyl sites for hydroxylation is 1. The van der Waals surface area contributed by atoms with Gasteiger partial charge in [-0.05, 0) is 47.3 Å². The third kappa shape index (κ3) is 2.93. The molecule has 4 heteroatoms. The summed E-state index contributed by atoms with van der Waals surface area (Å²) in [5, 5.41) is 0. The summed E-state index contributed by atoms with van der Waals surface area (Å²) < 4.78 is 2.95. The molecule has 2 aromatic heterocycles. The normalized spacial score (nSPS) is 10.5. The summed E-state index contributed by atoms with van der Waals surface area (Å²) >= 11 is 3.50. The molecule has 0 unspecified atom stereocenters. The lowest BCUT2D eigenvalue weighted by Crippen LogP contribution is -1.98. The van der Waals surface area contributed by atoms with Crippen molar-refractivity contribution in [3.63, 3.8) is 0 Å². The van der Waals surface area contributed by atoms with Crippen LogP contribution in [0.5, 0.6) is 0 Å².